The maximum Gasteiger partial charge on any atom is 0.265 e. The van der Waals surface area contributed by atoms with Crippen molar-refractivity contribution in [2.45, 2.75) is 78.2 Å². The van der Waals surface area contributed by atoms with Crippen LogP contribution in [0.4, 0.5) is 0 Å². The number of pyridine rings is 1. The normalized spacial score (nSPS) is 14.2. The number of unbranched alkanes of at least 4 members (excludes halogenated alkanes) is 2. The van der Waals surface area contributed by atoms with Crippen LogP contribution in [0.5, 0.6) is 5.75 Å². The Kier molecular flexibility index (Phi) is 10.4. The van der Waals surface area contributed by atoms with E-state index >= 15 is 0 Å². The van der Waals surface area contributed by atoms with Crippen molar-refractivity contribution in [2.75, 3.05) is 13.2 Å². The highest BCUT2D eigenvalue weighted by atomic mass is 16.5. The number of nitrogens with zero attached hydrogens (tertiary/aromatic N) is 2. The monoisotopic (exact) mass is 606 g/mol. The van der Waals surface area contributed by atoms with Crippen molar-refractivity contribution >= 4 is 33.6 Å². The summed E-state index contributed by atoms with van der Waals surface area (Å²) in [7, 11) is 0. The van der Waals surface area contributed by atoms with Crippen molar-refractivity contribution in [3.05, 3.63) is 96.0 Å². The van der Waals surface area contributed by atoms with Gasteiger partial charge in [0.15, 0.2) is 0 Å². The van der Waals surface area contributed by atoms with E-state index in [-0.39, 0.29) is 17.9 Å². The largest absolute Gasteiger partial charge is 0.493 e. The van der Waals surface area contributed by atoms with Gasteiger partial charge in [0, 0.05) is 52.5 Å². The van der Waals surface area contributed by atoms with Gasteiger partial charge >= 0.3 is 0 Å². The number of hydrogen-bond donors (Lipinski definition) is 2. The number of H-pyrrole nitrogens is 1. The van der Waals surface area contributed by atoms with Crippen molar-refractivity contribution < 1.29 is 14.3 Å². The first kappa shape index (κ1) is 32.0. The molecule has 1 aliphatic rings. The molecule has 236 valence electrons. The fraction of sp³-hybridized carbons (Fsp3) is 0.395. The predicted octanol–water partition coefficient (Wildman–Crippen LogP) is 8.37. The van der Waals surface area contributed by atoms with Crippen LogP contribution in [0.25, 0.3) is 21.8 Å². The summed E-state index contributed by atoms with van der Waals surface area (Å²) >= 11 is 0. The summed E-state index contributed by atoms with van der Waals surface area (Å²) in [5, 5.41) is 5.81. The van der Waals surface area contributed by atoms with Crippen molar-refractivity contribution in [1.29, 1.82) is 0 Å². The molecule has 4 aromatic rings. The maximum absolute atomic E-state index is 13.4. The first-order valence-corrected chi connectivity index (χ1v) is 16.4. The molecule has 0 fully saturated rings. The number of aryl methyl sites for hydroxylation is 1. The number of allylic oxidation sites excluding steroid dienone is 2. The third-order valence-corrected chi connectivity index (χ3v) is 9.18. The van der Waals surface area contributed by atoms with Gasteiger partial charge in [-0.25, -0.2) is 0 Å². The van der Waals surface area contributed by atoms with E-state index < -0.39 is 0 Å². The molecule has 2 amide bonds. The second kappa shape index (κ2) is 14.6. The van der Waals surface area contributed by atoms with E-state index in [0.717, 1.165) is 73.6 Å². The molecular formula is C38H46N4O3. The number of fused-ring (bicyclic) bond motifs is 4. The third kappa shape index (κ3) is 7.30. The van der Waals surface area contributed by atoms with Crippen LogP contribution in [0.1, 0.15) is 92.0 Å². The summed E-state index contributed by atoms with van der Waals surface area (Å²) in [4.78, 5) is 35.7. The highest BCUT2D eigenvalue weighted by Gasteiger charge is 2.40. The summed E-state index contributed by atoms with van der Waals surface area (Å²) in [6, 6.07) is 13.7. The molecule has 1 aliphatic heterocycles. The van der Waals surface area contributed by atoms with Gasteiger partial charge in [0.05, 0.1) is 17.7 Å². The van der Waals surface area contributed by atoms with Crippen LogP contribution < -0.4 is 10.1 Å². The fourth-order valence-electron chi connectivity index (χ4n) is 6.03. The van der Waals surface area contributed by atoms with Crippen LogP contribution in [-0.2, 0) is 6.42 Å². The second-order valence-electron chi connectivity index (χ2n) is 12.4. The Morgan fingerprint density at radius 2 is 1.84 bits per heavy atom. The second-order valence-corrected chi connectivity index (χ2v) is 12.4. The summed E-state index contributed by atoms with van der Waals surface area (Å²) in [6.45, 7) is 16.0. The fourth-order valence-corrected chi connectivity index (χ4v) is 6.03. The first-order valence-electron chi connectivity index (χ1n) is 16.4. The third-order valence-electron chi connectivity index (χ3n) is 9.18. The van der Waals surface area contributed by atoms with Crippen LogP contribution in [-0.4, -0.2) is 45.9 Å². The highest BCUT2D eigenvalue weighted by Crippen LogP contribution is 2.34. The van der Waals surface area contributed by atoms with Crippen LogP contribution in [0.3, 0.4) is 0 Å². The van der Waals surface area contributed by atoms with Gasteiger partial charge in [0.25, 0.3) is 11.8 Å². The predicted molar refractivity (Wildman–Crippen MR) is 183 cm³/mol. The van der Waals surface area contributed by atoms with E-state index in [9.17, 15) is 9.59 Å². The lowest BCUT2D eigenvalue weighted by Crippen LogP contribution is -2.38. The Labute approximate surface area is 266 Å². The van der Waals surface area contributed by atoms with Gasteiger partial charge in [-0.2, -0.15) is 0 Å². The Balaban J connectivity index is 1.01. The number of hydrogen-bond acceptors (Lipinski definition) is 5. The van der Waals surface area contributed by atoms with Crippen molar-refractivity contribution in [2.24, 2.45) is 5.92 Å². The highest BCUT2D eigenvalue weighted by molar-refractivity contribution is 6.22. The molecule has 2 aromatic heterocycles. The van der Waals surface area contributed by atoms with E-state index in [4.69, 9.17) is 4.74 Å². The van der Waals surface area contributed by atoms with Gasteiger partial charge in [-0.05, 0) is 94.0 Å². The SMILES string of the molecule is C=C(CCc1ccc2c(c1)[nH]c1ccncc12)NCCCCCOc1cccc2c1C(=O)N(C(C)CCC(=C)C(C)CC)C2=O. The number of imide groups is 1. The summed E-state index contributed by atoms with van der Waals surface area (Å²) in [6.07, 6.45) is 10.9. The van der Waals surface area contributed by atoms with E-state index in [1.165, 1.54) is 21.4 Å². The molecule has 0 aliphatic carbocycles. The summed E-state index contributed by atoms with van der Waals surface area (Å²) in [5.74, 6) is 0.446. The molecule has 7 nitrogen and oxygen atoms in total. The average molecular weight is 607 g/mol. The number of rotatable bonds is 17. The number of aromatic nitrogens is 2. The number of benzene rings is 2. The lowest BCUT2D eigenvalue weighted by atomic mass is 9.94. The minimum absolute atomic E-state index is 0.200. The molecule has 0 saturated heterocycles. The molecule has 2 atom stereocenters. The quantitative estimate of drug-likeness (QED) is 0.0716. The standard InChI is InChI=1S/C38H46N4O3/c1-6-25(2)26(3)13-15-28(5)42-37(43)31-11-10-12-35(36(31)38(42)44)45-22-9-7-8-20-40-27(4)14-16-29-17-18-30-32-24-39-21-19-33(32)41-34(30)23-29/h10-12,17-19,21,23-25,28,40-41H,3-4,6-9,13-16,20,22H2,1-2,5H3. The van der Waals surface area contributed by atoms with E-state index in [2.05, 4.69) is 60.5 Å². The summed E-state index contributed by atoms with van der Waals surface area (Å²) in [5.41, 5.74) is 6.57. The van der Waals surface area contributed by atoms with Gasteiger partial charge in [-0.3, -0.25) is 19.5 Å². The van der Waals surface area contributed by atoms with Gasteiger partial charge < -0.3 is 15.0 Å². The number of nitrogens with one attached hydrogen (secondary N) is 2. The topological polar surface area (TPSA) is 87.3 Å². The van der Waals surface area contributed by atoms with E-state index in [1.807, 2.05) is 25.4 Å². The molecule has 3 heterocycles. The Morgan fingerprint density at radius 3 is 2.67 bits per heavy atom. The minimum atomic E-state index is -0.256. The Morgan fingerprint density at radius 1 is 1.00 bits per heavy atom. The number of amides is 2. The molecule has 45 heavy (non-hydrogen) atoms. The molecule has 2 N–H and O–H groups in total. The lowest BCUT2D eigenvalue weighted by Gasteiger charge is -2.23. The first-order chi connectivity index (χ1) is 21.8. The van der Waals surface area contributed by atoms with Gasteiger partial charge in [0.1, 0.15) is 5.75 Å². The Hall–Kier alpha value is -4.39. The zero-order chi connectivity index (χ0) is 31.9. The molecule has 0 bridgehead atoms. The molecule has 2 aromatic carbocycles. The molecule has 7 heteroatoms. The number of ether oxygens (including phenoxy) is 1. The van der Waals surface area contributed by atoms with Crippen LogP contribution in [0.15, 0.2) is 79.3 Å². The van der Waals surface area contributed by atoms with E-state index in [1.54, 1.807) is 18.2 Å². The van der Waals surface area contributed by atoms with Crippen LogP contribution >= 0.6 is 0 Å². The van der Waals surface area contributed by atoms with Crippen molar-refractivity contribution in [1.82, 2.24) is 20.2 Å². The van der Waals surface area contributed by atoms with Crippen molar-refractivity contribution in [3.63, 3.8) is 0 Å². The molecular weight excluding hydrogens is 560 g/mol. The number of carbonyl (C=O) groups excluding carboxylic acids is 2. The molecule has 5 rings (SSSR count). The van der Waals surface area contributed by atoms with Gasteiger partial charge in [-0.15, -0.1) is 0 Å². The van der Waals surface area contributed by atoms with Crippen LogP contribution in [0.2, 0.25) is 0 Å². The van der Waals surface area contributed by atoms with Crippen molar-refractivity contribution in [3.8, 4) is 5.75 Å². The smallest absolute Gasteiger partial charge is 0.265 e. The molecule has 0 spiro atoms. The van der Waals surface area contributed by atoms with E-state index in [0.29, 0.717) is 35.8 Å². The summed E-state index contributed by atoms with van der Waals surface area (Å²) < 4.78 is 6.05. The zero-order valence-corrected chi connectivity index (χ0v) is 27.0. The minimum Gasteiger partial charge on any atom is -0.493 e. The maximum atomic E-state index is 13.4. The molecule has 0 saturated carbocycles. The van der Waals surface area contributed by atoms with Crippen LogP contribution in [0, 0.1) is 5.92 Å². The Bertz CT molecular complexity index is 1700. The number of aromatic amines is 1. The lowest BCUT2D eigenvalue weighted by molar-refractivity contribution is 0.0588. The van der Waals surface area contributed by atoms with Gasteiger partial charge in [0.2, 0.25) is 0 Å². The zero-order valence-electron chi connectivity index (χ0n) is 27.0. The number of carbonyl (C=O) groups is 2. The average Bonchev–Trinajstić information content (AvgIpc) is 3.55. The molecule has 2 unspecified atom stereocenters. The van der Waals surface area contributed by atoms with Gasteiger partial charge in [-0.1, -0.05) is 50.8 Å². The molecule has 0 radical (unpaired) electrons.